The lowest BCUT2D eigenvalue weighted by Crippen LogP contribution is -2.44. The SMILES string of the molecule is Nc1ccc(C(=O)NC(=O)C(=O)N2CCc3ccccc32)cc1. The number of para-hydroxylation sites is 1. The molecule has 3 amide bonds. The average Bonchev–Trinajstić information content (AvgIpc) is 2.98. The fourth-order valence-electron chi connectivity index (χ4n) is 2.54. The van der Waals surface area contributed by atoms with E-state index in [2.05, 4.69) is 5.32 Å². The van der Waals surface area contributed by atoms with E-state index < -0.39 is 17.7 Å². The minimum absolute atomic E-state index is 0.266. The van der Waals surface area contributed by atoms with Gasteiger partial charge >= 0.3 is 11.8 Å². The molecule has 6 nitrogen and oxygen atoms in total. The number of imide groups is 1. The van der Waals surface area contributed by atoms with Gasteiger partial charge in [-0.25, -0.2) is 0 Å². The number of carbonyl (C=O) groups is 3. The summed E-state index contributed by atoms with van der Waals surface area (Å²) >= 11 is 0. The van der Waals surface area contributed by atoms with Gasteiger partial charge in [-0.05, 0) is 42.3 Å². The molecular formula is C17H15N3O3. The maximum absolute atomic E-state index is 12.3. The van der Waals surface area contributed by atoms with E-state index in [0.29, 0.717) is 24.3 Å². The summed E-state index contributed by atoms with van der Waals surface area (Å²) in [5, 5.41) is 2.11. The van der Waals surface area contributed by atoms with Crippen LogP contribution in [0.4, 0.5) is 11.4 Å². The van der Waals surface area contributed by atoms with Crippen LogP contribution >= 0.6 is 0 Å². The normalized spacial score (nSPS) is 12.6. The largest absolute Gasteiger partial charge is 0.399 e. The van der Waals surface area contributed by atoms with Gasteiger partial charge in [0.15, 0.2) is 0 Å². The zero-order chi connectivity index (χ0) is 16.4. The van der Waals surface area contributed by atoms with Gasteiger partial charge in [-0.1, -0.05) is 18.2 Å². The number of nitrogens with two attached hydrogens (primary N) is 1. The van der Waals surface area contributed by atoms with Crippen LogP contribution in [0.2, 0.25) is 0 Å². The van der Waals surface area contributed by atoms with Crippen molar-refractivity contribution in [3.63, 3.8) is 0 Å². The first-order chi connectivity index (χ1) is 11.1. The Labute approximate surface area is 132 Å². The lowest BCUT2D eigenvalue weighted by atomic mass is 10.2. The molecule has 116 valence electrons. The third-order valence-corrected chi connectivity index (χ3v) is 3.73. The molecule has 0 bridgehead atoms. The number of hydrogen-bond acceptors (Lipinski definition) is 4. The maximum atomic E-state index is 12.3. The number of carbonyl (C=O) groups excluding carboxylic acids is 3. The summed E-state index contributed by atoms with van der Waals surface area (Å²) in [5.41, 5.74) is 8.05. The highest BCUT2D eigenvalue weighted by Gasteiger charge is 2.29. The van der Waals surface area contributed by atoms with E-state index in [-0.39, 0.29) is 5.56 Å². The quantitative estimate of drug-likeness (QED) is 0.610. The number of amides is 3. The molecule has 0 saturated carbocycles. The lowest BCUT2D eigenvalue weighted by molar-refractivity contribution is -0.137. The highest BCUT2D eigenvalue weighted by Crippen LogP contribution is 2.27. The fourth-order valence-corrected chi connectivity index (χ4v) is 2.54. The van der Waals surface area contributed by atoms with Gasteiger partial charge in [0.1, 0.15) is 0 Å². The molecule has 0 saturated heterocycles. The first kappa shape index (κ1) is 14.8. The predicted molar refractivity (Wildman–Crippen MR) is 85.8 cm³/mol. The zero-order valence-corrected chi connectivity index (χ0v) is 12.3. The van der Waals surface area contributed by atoms with Crippen molar-refractivity contribution in [2.24, 2.45) is 0 Å². The van der Waals surface area contributed by atoms with E-state index in [4.69, 9.17) is 5.73 Å². The summed E-state index contributed by atoms with van der Waals surface area (Å²) in [6, 6.07) is 13.5. The Balaban J connectivity index is 1.70. The topological polar surface area (TPSA) is 92.5 Å². The van der Waals surface area contributed by atoms with Crippen molar-refractivity contribution < 1.29 is 14.4 Å². The first-order valence-electron chi connectivity index (χ1n) is 7.17. The molecule has 1 aliphatic heterocycles. The van der Waals surface area contributed by atoms with Crippen LogP contribution in [0.1, 0.15) is 15.9 Å². The molecule has 23 heavy (non-hydrogen) atoms. The average molecular weight is 309 g/mol. The molecule has 0 spiro atoms. The number of nitrogens with zero attached hydrogens (tertiary/aromatic N) is 1. The van der Waals surface area contributed by atoms with Crippen molar-refractivity contribution in [1.29, 1.82) is 0 Å². The minimum atomic E-state index is -0.941. The summed E-state index contributed by atoms with van der Waals surface area (Å²) in [4.78, 5) is 37.7. The van der Waals surface area contributed by atoms with E-state index in [9.17, 15) is 14.4 Å². The van der Waals surface area contributed by atoms with Crippen LogP contribution in [0, 0.1) is 0 Å². The van der Waals surface area contributed by atoms with Crippen molar-refractivity contribution in [3.05, 3.63) is 59.7 Å². The molecule has 0 atom stereocenters. The Hall–Kier alpha value is -3.15. The van der Waals surface area contributed by atoms with Crippen molar-refractivity contribution in [2.75, 3.05) is 17.2 Å². The number of anilines is 2. The molecular weight excluding hydrogens is 294 g/mol. The van der Waals surface area contributed by atoms with Gasteiger partial charge in [0, 0.05) is 23.5 Å². The standard InChI is InChI=1S/C17H15N3O3/c18-13-7-5-12(6-8-13)15(21)19-16(22)17(23)20-10-9-11-3-1-2-4-14(11)20/h1-8H,9-10,18H2,(H,19,21,22). The lowest BCUT2D eigenvalue weighted by Gasteiger charge is -2.16. The summed E-state index contributed by atoms with van der Waals surface area (Å²) in [6.45, 7) is 0.432. The van der Waals surface area contributed by atoms with E-state index in [0.717, 1.165) is 5.56 Å². The van der Waals surface area contributed by atoms with Gasteiger partial charge in [0.25, 0.3) is 5.91 Å². The maximum Gasteiger partial charge on any atom is 0.316 e. The molecule has 2 aromatic rings. The summed E-state index contributed by atoms with van der Waals surface area (Å²) in [7, 11) is 0. The van der Waals surface area contributed by atoms with Crippen LogP contribution in [0.15, 0.2) is 48.5 Å². The van der Waals surface area contributed by atoms with Crippen LogP contribution in [-0.4, -0.2) is 24.3 Å². The van der Waals surface area contributed by atoms with Crippen LogP contribution in [-0.2, 0) is 16.0 Å². The van der Waals surface area contributed by atoms with Crippen molar-refractivity contribution >= 4 is 29.1 Å². The molecule has 1 heterocycles. The number of hydrogen-bond donors (Lipinski definition) is 2. The van der Waals surface area contributed by atoms with Crippen molar-refractivity contribution in [1.82, 2.24) is 5.32 Å². The second-order valence-electron chi connectivity index (χ2n) is 5.24. The van der Waals surface area contributed by atoms with Gasteiger partial charge in [0.2, 0.25) is 0 Å². The summed E-state index contributed by atoms with van der Waals surface area (Å²) < 4.78 is 0. The van der Waals surface area contributed by atoms with Gasteiger partial charge in [-0.15, -0.1) is 0 Å². The summed E-state index contributed by atoms with van der Waals surface area (Å²) in [5.74, 6) is -2.31. The second kappa shape index (κ2) is 5.92. The number of nitrogens with one attached hydrogen (secondary N) is 1. The van der Waals surface area contributed by atoms with E-state index in [1.54, 1.807) is 18.2 Å². The third kappa shape index (κ3) is 2.91. The molecule has 0 aliphatic carbocycles. The number of fused-ring (bicyclic) bond motifs is 1. The van der Waals surface area contributed by atoms with Gasteiger partial charge < -0.3 is 10.6 Å². The Kier molecular flexibility index (Phi) is 3.80. The van der Waals surface area contributed by atoms with E-state index in [1.165, 1.54) is 17.0 Å². The minimum Gasteiger partial charge on any atom is -0.399 e. The molecule has 3 rings (SSSR count). The third-order valence-electron chi connectivity index (χ3n) is 3.73. The Bertz CT molecular complexity index is 784. The Morgan fingerprint density at radius 2 is 1.70 bits per heavy atom. The van der Waals surface area contributed by atoms with Gasteiger partial charge in [-0.2, -0.15) is 0 Å². The fraction of sp³-hybridized carbons (Fsp3) is 0.118. The number of benzene rings is 2. The van der Waals surface area contributed by atoms with Crippen molar-refractivity contribution in [2.45, 2.75) is 6.42 Å². The van der Waals surface area contributed by atoms with Crippen LogP contribution in [0.5, 0.6) is 0 Å². The number of nitrogen functional groups attached to an aromatic ring is 1. The molecule has 2 aromatic carbocycles. The highest BCUT2D eigenvalue weighted by molar-refractivity contribution is 6.43. The van der Waals surface area contributed by atoms with Crippen LogP contribution < -0.4 is 16.0 Å². The molecule has 1 aliphatic rings. The monoisotopic (exact) mass is 309 g/mol. The van der Waals surface area contributed by atoms with E-state index in [1.807, 2.05) is 18.2 Å². The van der Waals surface area contributed by atoms with E-state index >= 15 is 0 Å². The smallest absolute Gasteiger partial charge is 0.316 e. The molecule has 3 N–H and O–H groups in total. The van der Waals surface area contributed by atoms with Gasteiger partial charge in [-0.3, -0.25) is 19.7 Å². The Morgan fingerprint density at radius 1 is 1.00 bits per heavy atom. The zero-order valence-electron chi connectivity index (χ0n) is 12.3. The second-order valence-corrected chi connectivity index (χ2v) is 5.24. The molecule has 0 aromatic heterocycles. The van der Waals surface area contributed by atoms with Crippen LogP contribution in [0.25, 0.3) is 0 Å². The molecule has 6 heteroatoms. The Morgan fingerprint density at radius 3 is 2.43 bits per heavy atom. The highest BCUT2D eigenvalue weighted by atomic mass is 16.2. The number of rotatable bonds is 1. The molecule has 0 unspecified atom stereocenters. The molecule has 0 fully saturated rings. The van der Waals surface area contributed by atoms with Crippen molar-refractivity contribution in [3.8, 4) is 0 Å². The summed E-state index contributed by atoms with van der Waals surface area (Å²) in [6.07, 6.45) is 0.696. The van der Waals surface area contributed by atoms with Gasteiger partial charge in [0.05, 0.1) is 0 Å². The predicted octanol–water partition coefficient (Wildman–Crippen LogP) is 1.11. The van der Waals surface area contributed by atoms with Crippen LogP contribution in [0.3, 0.4) is 0 Å². The first-order valence-corrected chi connectivity index (χ1v) is 7.17. The molecule has 0 radical (unpaired) electrons.